The zero-order valence-electron chi connectivity index (χ0n) is 9.09. The Hall–Kier alpha value is 0.310. The Bertz CT molecular complexity index is 114. The minimum atomic E-state index is 0.246. The van der Waals surface area contributed by atoms with Crippen molar-refractivity contribution in [2.24, 2.45) is 0 Å². The van der Waals surface area contributed by atoms with E-state index in [4.69, 9.17) is 9.26 Å². The zero-order chi connectivity index (χ0) is 10.1. The van der Waals surface area contributed by atoms with Crippen molar-refractivity contribution in [2.75, 3.05) is 13.7 Å². The van der Waals surface area contributed by atoms with Crippen LogP contribution in [0.15, 0.2) is 0 Å². The summed E-state index contributed by atoms with van der Waals surface area (Å²) in [4.78, 5) is 0. The molecule has 0 amide bonds. The molecule has 0 bridgehead atoms. The fourth-order valence-electron chi connectivity index (χ4n) is 0.885. The number of rotatable bonds is 8. The minimum absolute atomic E-state index is 0.246. The van der Waals surface area contributed by atoms with Crippen LogP contribution in [0, 0.1) is 0 Å². The predicted molar refractivity (Wildman–Crippen MR) is 58.2 cm³/mol. The van der Waals surface area contributed by atoms with Gasteiger partial charge in [0.1, 0.15) is 0 Å². The molecule has 3 atom stereocenters. The molecule has 0 saturated heterocycles. The molecule has 0 aromatic heterocycles. The monoisotopic (exact) mass is 207 g/mol. The highest BCUT2D eigenvalue weighted by Gasteiger charge is 2.09. The van der Waals surface area contributed by atoms with E-state index in [1.807, 2.05) is 7.05 Å². The van der Waals surface area contributed by atoms with Gasteiger partial charge in [0.2, 0.25) is 0 Å². The first-order valence-corrected chi connectivity index (χ1v) is 5.84. The summed E-state index contributed by atoms with van der Waals surface area (Å²) in [5.74, 6) is 0. The van der Waals surface area contributed by atoms with Crippen LogP contribution >= 0.6 is 8.96 Å². The van der Waals surface area contributed by atoms with Crippen molar-refractivity contribution in [1.82, 2.24) is 5.09 Å². The molecule has 2 unspecified atom stereocenters. The van der Waals surface area contributed by atoms with Crippen molar-refractivity contribution in [3.63, 3.8) is 0 Å². The van der Waals surface area contributed by atoms with Crippen LogP contribution in [0.1, 0.15) is 33.6 Å². The molecule has 0 fully saturated rings. The Kier molecular flexibility index (Phi) is 9.10. The van der Waals surface area contributed by atoms with Crippen LogP contribution in [0.4, 0.5) is 0 Å². The van der Waals surface area contributed by atoms with Crippen molar-refractivity contribution in [1.29, 1.82) is 0 Å². The Morgan fingerprint density at radius 1 is 1.31 bits per heavy atom. The highest BCUT2D eigenvalue weighted by Crippen LogP contribution is 2.11. The van der Waals surface area contributed by atoms with Crippen LogP contribution in [0.2, 0.25) is 0 Å². The maximum absolute atomic E-state index is 5.75. The second-order valence-electron chi connectivity index (χ2n) is 3.05. The normalized spacial score (nSPS) is 16.6. The molecule has 0 aromatic carbocycles. The summed E-state index contributed by atoms with van der Waals surface area (Å²) in [7, 11) is 2.26. The molecule has 80 valence electrons. The fourth-order valence-corrected chi connectivity index (χ4v) is 1.30. The third-order valence-corrected chi connectivity index (χ3v) is 2.41. The van der Waals surface area contributed by atoms with E-state index in [-0.39, 0.29) is 6.10 Å². The summed E-state index contributed by atoms with van der Waals surface area (Å²) in [6.45, 7) is 7.05. The number of ether oxygens (including phenoxy) is 1. The second kappa shape index (κ2) is 8.89. The SMILES string of the molecule is CCC(C)O[C@@H](CC)COPNC. The molecule has 0 aromatic rings. The Balaban J connectivity index is 3.50. The standard InChI is InChI=1S/C9H22NO2P/c1-5-8(3)12-9(6-2)7-11-13-10-4/h8-10,13H,5-7H2,1-4H3/t8?,9-/m0/s1. The van der Waals surface area contributed by atoms with E-state index < -0.39 is 0 Å². The lowest BCUT2D eigenvalue weighted by atomic mass is 10.2. The van der Waals surface area contributed by atoms with Crippen LogP contribution in [0.3, 0.4) is 0 Å². The molecule has 0 aliphatic rings. The first kappa shape index (κ1) is 13.3. The summed E-state index contributed by atoms with van der Waals surface area (Å²) in [6.07, 6.45) is 2.66. The van der Waals surface area contributed by atoms with E-state index >= 15 is 0 Å². The number of hydrogen-bond acceptors (Lipinski definition) is 3. The average molecular weight is 207 g/mol. The van der Waals surface area contributed by atoms with Gasteiger partial charge >= 0.3 is 0 Å². The minimum Gasteiger partial charge on any atom is -0.373 e. The summed E-state index contributed by atoms with van der Waals surface area (Å²) in [5, 5.41) is 2.96. The van der Waals surface area contributed by atoms with Crippen LogP contribution in [-0.4, -0.2) is 25.9 Å². The van der Waals surface area contributed by atoms with Crippen molar-refractivity contribution in [3.05, 3.63) is 0 Å². The molecular formula is C9H22NO2P. The van der Waals surface area contributed by atoms with Gasteiger partial charge in [0.15, 0.2) is 0 Å². The van der Waals surface area contributed by atoms with Crippen molar-refractivity contribution < 1.29 is 9.26 Å². The first-order chi connectivity index (χ1) is 6.24. The summed E-state index contributed by atoms with van der Waals surface area (Å²) >= 11 is 0. The van der Waals surface area contributed by atoms with Crippen LogP contribution in [0.25, 0.3) is 0 Å². The molecule has 0 spiro atoms. The van der Waals surface area contributed by atoms with Gasteiger partial charge in [-0.25, -0.2) is 0 Å². The maximum Gasteiger partial charge on any atom is 0.0860 e. The lowest BCUT2D eigenvalue weighted by molar-refractivity contribution is -0.0259. The van der Waals surface area contributed by atoms with Gasteiger partial charge in [-0.15, -0.1) is 0 Å². The van der Waals surface area contributed by atoms with E-state index in [1.54, 1.807) is 0 Å². The Labute approximate surface area is 83.5 Å². The molecule has 3 nitrogen and oxygen atoms in total. The highest BCUT2D eigenvalue weighted by molar-refractivity contribution is 7.29. The van der Waals surface area contributed by atoms with Gasteiger partial charge in [-0.1, -0.05) is 13.8 Å². The third kappa shape index (κ3) is 7.39. The predicted octanol–water partition coefficient (Wildman–Crippen LogP) is 2.32. The third-order valence-electron chi connectivity index (χ3n) is 1.90. The Morgan fingerprint density at radius 2 is 2.00 bits per heavy atom. The van der Waals surface area contributed by atoms with Gasteiger partial charge in [-0.2, -0.15) is 0 Å². The highest BCUT2D eigenvalue weighted by atomic mass is 31.1. The van der Waals surface area contributed by atoms with Gasteiger partial charge in [-0.05, 0) is 26.8 Å². The average Bonchev–Trinajstić information content (AvgIpc) is 2.16. The van der Waals surface area contributed by atoms with Crippen LogP contribution in [0.5, 0.6) is 0 Å². The summed E-state index contributed by atoms with van der Waals surface area (Å²) in [6, 6.07) is 0. The van der Waals surface area contributed by atoms with Gasteiger partial charge in [0.25, 0.3) is 0 Å². The van der Waals surface area contributed by atoms with E-state index in [9.17, 15) is 0 Å². The summed E-state index contributed by atoms with van der Waals surface area (Å²) in [5.41, 5.74) is 0. The van der Waals surface area contributed by atoms with Gasteiger partial charge in [0, 0.05) is 0 Å². The van der Waals surface area contributed by atoms with Gasteiger partial charge in [-0.3, -0.25) is 5.09 Å². The lowest BCUT2D eigenvalue weighted by Crippen LogP contribution is -2.23. The molecule has 0 radical (unpaired) electrons. The molecule has 1 N–H and O–H groups in total. The fraction of sp³-hybridized carbons (Fsp3) is 1.00. The largest absolute Gasteiger partial charge is 0.373 e. The lowest BCUT2D eigenvalue weighted by Gasteiger charge is -2.20. The van der Waals surface area contributed by atoms with Crippen molar-refractivity contribution in [2.45, 2.75) is 45.8 Å². The van der Waals surface area contributed by atoms with Crippen molar-refractivity contribution in [3.8, 4) is 0 Å². The van der Waals surface area contributed by atoms with Crippen molar-refractivity contribution >= 4 is 8.96 Å². The molecule has 0 aliphatic carbocycles. The molecule has 0 aliphatic heterocycles. The summed E-state index contributed by atoms with van der Waals surface area (Å²) < 4.78 is 11.1. The van der Waals surface area contributed by atoms with E-state index in [0.29, 0.717) is 21.7 Å². The molecule has 0 rings (SSSR count). The molecule has 13 heavy (non-hydrogen) atoms. The van der Waals surface area contributed by atoms with E-state index in [0.717, 1.165) is 12.8 Å². The van der Waals surface area contributed by atoms with Gasteiger partial charge in [0.05, 0.1) is 27.8 Å². The van der Waals surface area contributed by atoms with Crippen LogP contribution < -0.4 is 5.09 Å². The molecular weight excluding hydrogens is 185 g/mol. The maximum atomic E-state index is 5.75. The zero-order valence-corrected chi connectivity index (χ0v) is 10.1. The Morgan fingerprint density at radius 3 is 2.46 bits per heavy atom. The topological polar surface area (TPSA) is 30.5 Å². The smallest absolute Gasteiger partial charge is 0.0860 e. The van der Waals surface area contributed by atoms with E-state index in [2.05, 4.69) is 25.9 Å². The second-order valence-corrected chi connectivity index (χ2v) is 4.04. The van der Waals surface area contributed by atoms with Crippen LogP contribution in [-0.2, 0) is 9.26 Å². The molecule has 0 heterocycles. The molecule has 0 saturated carbocycles. The van der Waals surface area contributed by atoms with E-state index in [1.165, 1.54) is 0 Å². The number of hydrogen-bond donors (Lipinski definition) is 1. The quantitative estimate of drug-likeness (QED) is 0.489. The molecule has 4 heteroatoms. The van der Waals surface area contributed by atoms with Gasteiger partial charge < -0.3 is 9.26 Å². The first-order valence-electron chi connectivity index (χ1n) is 4.93. The number of nitrogens with one attached hydrogen (secondary N) is 1.